The highest BCUT2D eigenvalue weighted by atomic mass is 19.1. The second-order valence-electron chi connectivity index (χ2n) is 7.28. The normalized spacial score (nSPS) is 14.9. The number of nitrogens with zero attached hydrogens (tertiary/aromatic N) is 3. The average molecular weight is 399 g/mol. The molecule has 0 saturated carbocycles. The summed E-state index contributed by atoms with van der Waals surface area (Å²) in [6, 6.07) is 6.10. The number of halogens is 2. The minimum absolute atomic E-state index is 0.111. The number of hydrogen-bond acceptors (Lipinski definition) is 4. The quantitative estimate of drug-likeness (QED) is 0.628. The molecule has 152 valence electrons. The highest BCUT2D eigenvalue weighted by Gasteiger charge is 2.23. The van der Waals surface area contributed by atoms with Crippen molar-refractivity contribution in [1.82, 2.24) is 14.8 Å². The van der Waals surface area contributed by atoms with Gasteiger partial charge in [-0.2, -0.15) is 5.10 Å². The van der Waals surface area contributed by atoms with Crippen molar-refractivity contribution in [3.63, 3.8) is 0 Å². The smallest absolute Gasteiger partial charge is 0.221 e. The zero-order valence-electron chi connectivity index (χ0n) is 16.7. The summed E-state index contributed by atoms with van der Waals surface area (Å²) in [4.78, 5) is 4.31. The third kappa shape index (κ3) is 3.62. The summed E-state index contributed by atoms with van der Waals surface area (Å²) in [5.41, 5.74) is 2.86. The first kappa shape index (κ1) is 19.5. The summed E-state index contributed by atoms with van der Waals surface area (Å²) in [6.07, 6.45) is 3.21. The van der Waals surface area contributed by atoms with Crippen LogP contribution in [0.3, 0.4) is 0 Å². The number of ether oxygens (including phenoxy) is 2. The second-order valence-corrected chi connectivity index (χ2v) is 7.28. The molecule has 3 heterocycles. The van der Waals surface area contributed by atoms with Crippen LogP contribution in [0.25, 0.3) is 22.4 Å². The van der Waals surface area contributed by atoms with Gasteiger partial charge in [-0.3, -0.25) is 4.68 Å². The predicted octanol–water partition coefficient (Wildman–Crippen LogP) is 4.87. The molecule has 1 saturated heterocycles. The highest BCUT2D eigenvalue weighted by molar-refractivity contribution is 5.76. The third-order valence-corrected chi connectivity index (χ3v) is 5.31. The van der Waals surface area contributed by atoms with Crippen molar-refractivity contribution in [2.75, 3.05) is 20.3 Å². The molecule has 0 aliphatic carbocycles. The largest absolute Gasteiger partial charge is 0.481 e. The van der Waals surface area contributed by atoms with E-state index in [9.17, 15) is 0 Å². The molecule has 29 heavy (non-hydrogen) atoms. The van der Waals surface area contributed by atoms with Gasteiger partial charge in [-0.25, -0.2) is 13.8 Å². The number of hydrogen-bond donors (Lipinski definition) is 0. The van der Waals surface area contributed by atoms with Crippen LogP contribution in [-0.2, 0) is 4.74 Å². The van der Waals surface area contributed by atoms with E-state index in [0.717, 1.165) is 24.1 Å². The van der Waals surface area contributed by atoms with Gasteiger partial charge in [-0.05, 0) is 56.5 Å². The summed E-state index contributed by atoms with van der Waals surface area (Å²) in [5.74, 6) is -0.772. The summed E-state index contributed by atoms with van der Waals surface area (Å²) in [6.45, 7) is 4.94. The van der Waals surface area contributed by atoms with E-state index in [4.69, 9.17) is 9.47 Å². The molecule has 7 heteroatoms. The Morgan fingerprint density at radius 3 is 2.48 bits per heavy atom. The lowest BCUT2D eigenvalue weighted by atomic mass is 9.98. The molecule has 0 radical (unpaired) electrons. The first-order chi connectivity index (χ1) is 14.0. The van der Waals surface area contributed by atoms with Gasteiger partial charge in [-0.15, -0.1) is 0 Å². The molecular weight excluding hydrogens is 376 g/mol. The molecule has 5 nitrogen and oxygen atoms in total. The highest BCUT2D eigenvalue weighted by Crippen LogP contribution is 2.37. The van der Waals surface area contributed by atoms with Crippen molar-refractivity contribution < 1.29 is 18.3 Å². The van der Waals surface area contributed by atoms with Gasteiger partial charge in [-0.1, -0.05) is 0 Å². The van der Waals surface area contributed by atoms with Gasteiger partial charge >= 0.3 is 0 Å². The lowest BCUT2D eigenvalue weighted by molar-refractivity contribution is 0.0667. The Balaban J connectivity index is 1.80. The fourth-order valence-corrected chi connectivity index (χ4v) is 3.96. The van der Waals surface area contributed by atoms with Gasteiger partial charge in [0, 0.05) is 41.8 Å². The third-order valence-electron chi connectivity index (χ3n) is 5.31. The van der Waals surface area contributed by atoms with E-state index in [1.165, 1.54) is 19.2 Å². The van der Waals surface area contributed by atoms with Gasteiger partial charge in [0.1, 0.15) is 11.6 Å². The summed E-state index contributed by atoms with van der Waals surface area (Å²) >= 11 is 0. The van der Waals surface area contributed by atoms with Crippen LogP contribution < -0.4 is 4.74 Å². The Bertz CT molecular complexity index is 1040. The van der Waals surface area contributed by atoms with E-state index in [1.54, 1.807) is 16.9 Å². The van der Waals surface area contributed by atoms with E-state index < -0.39 is 11.6 Å². The van der Waals surface area contributed by atoms with Crippen LogP contribution in [-0.4, -0.2) is 35.1 Å². The Kier molecular flexibility index (Phi) is 5.32. The van der Waals surface area contributed by atoms with Crippen molar-refractivity contribution >= 4 is 0 Å². The van der Waals surface area contributed by atoms with E-state index >= 15 is 8.78 Å². The van der Waals surface area contributed by atoms with E-state index in [2.05, 4.69) is 10.1 Å². The number of pyridine rings is 1. The van der Waals surface area contributed by atoms with E-state index in [1.807, 2.05) is 19.9 Å². The van der Waals surface area contributed by atoms with Crippen LogP contribution in [0.1, 0.15) is 30.1 Å². The Labute approximate surface area is 168 Å². The number of benzene rings is 1. The molecule has 0 unspecified atom stereocenters. The van der Waals surface area contributed by atoms with Gasteiger partial charge in [0.2, 0.25) is 5.88 Å². The number of aromatic nitrogens is 3. The molecule has 1 aliphatic heterocycles. The molecule has 1 aliphatic rings. The fourth-order valence-electron chi connectivity index (χ4n) is 3.96. The zero-order chi connectivity index (χ0) is 20.5. The molecule has 0 spiro atoms. The van der Waals surface area contributed by atoms with Gasteiger partial charge in [0.15, 0.2) is 0 Å². The SMILES string of the molecule is COc1nc(C)cc(C)c1-c1cc(F)c(-c2ccnn2C2CCOCC2)cc1F. The van der Waals surface area contributed by atoms with Crippen molar-refractivity contribution in [1.29, 1.82) is 0 Å². The second kappa shape index (κ2) is 7.91. The summed E-state index contributed by atoms with van der Waals surface area (Å²) in [7, 11) is 1.47. The molecule has 0 atom stereocenters. The van der Waals surface area contributed by atoms with Crippen LogP contribution in [0.5, 0.6) is 5.88 Å². The first-order valence-electron chi connectivity index (χ1n) is 9.63. The molecule has 4 rings (SSSR count). The molecule has 1 fully saturated rings. The minimum Gasteiger partial charge on any atom is -0.481 e. The van der Waals surface area contributed by atoms with Crippen molar-refractivity contribution in [2.24, 2.45) is 0 Å². The van der Waals surface area contributed by atoms with Crippen molar-refractivity contribution in [2.45, 2.75) is 32.7 Å². The maximum Gasteiger partial charge on any atom is 0.221 e. The predicted molar refractivity (Wildman–Crippen MR) is 106 cm³/mol. The maximum atomic E-state index is 15.2. The number of rotatable bonds is 4. The van der Waals surface area contributed by atoms with Crippen LogP contribution in [0.4, 0.5) is 8.78 Å². The van der Waals surface area contributed by atoms with Crippen molar-refractivity contribution in [3.05, 3.63) is 53.4 Å². The molecule has 0 N–H and O–H groups in total. The molecule has 1 aromatic carbocycles. The fraction of sp³-hybridized carbons (Fsp3) is 0.364. The Hall–Kier alpha value is -2.80. The topological polar surface area (TPSA) is 49.2 Å². The van der Waals surface area contributed by atoms with Crippen LogP contribution in [0, 0.1) is 25.5 Å². The average Bonchev–Trinajstić information content (AvgIpc) is 3.19. The minimum atomic E-state index is -0.534. The van der Waals surface area contributed by atoms with Crippen LogP contribution in [0.15, 0.2) is 30.5 Å². The van der Waals surface area contributed by atoms with E-state index in [0.29, 0.717) is 24.5 Å². The molecule has 0 bridgehead atoms. The molecule has 3 aromatic rings. The van der Waals surface area contributed by atoms with Crippen LogP contribution >= 0.6 is 0 Å². The van der Waals surface area contributed by atoms with Crippen LogP contribution in [0.2, 0.25) is 0 Å². The molecule has 2 aromatic heterocycles. The monoisotopic (exact) mass is 399 g/mol. The zero-order valence-corrected chi connectivity index (χ0v) is 16.7. The van der Waals surface area contributed by atoms with E-state index in [-0.39, 0.29) is 23.0 Å². The number of methoxy groups -OCH3 is 1. The molecular formula is C22H23F2N3O2. The summed E-state index contributed by atoms with van der Waals surface area (Å²) in [5, 5.41) is 4.36. The Morgan fingerprint density at radius 1 is 1.07 bits per heavy atom. The standard InChI is InChI=1S/C22H23F2N3O2/c1-13-10-14(2)26-22(28-3)21(13)17-12-18(23)16(11-19(17)24)20-4-7-25-27(20)15-5-8-29-9-6-15/h4,7,10-12,15H,5-6,8-9H2,1-3H3. The lowest BCUT2D eigenvalue weighted by Crippen LogP contribution is -2.21. The lowest BCUT2D eigenvalue weighted by Gasteiger charge is -2.24. The van der Waals surface area contributed by atoms with Crippen molar-refractivity contribution in [3.8, 4) is 28.3 Å². The molecule has 0 amide bonds. The van der Waals surface area contributed by atoms with Gasteiger partial charge in [0.25, 0.3) is 0 Å². The number of aryl methyl sites for hydroxylation is 2. The summed E-state index contributed by atoms with van der Waals surface area (Å²) < 4.78 is 42.9. The van der Waals surface area contributed by atoms with Gasteiger partial charge < -0.3 is 9.47 Å². The Morgan fingerprint density at radius 2 is 1.76 bits per heavy atom. The maximum absolute atomic E-state index is 15.2. The van der Waals surface area contributed by atoms with Gasteiger partial charge in [0.05, 0.1) is 18.8 Å². The first-order valence-corrected chi connectivity index (χ1v) is 9.63.